The first-order chi connectivity index (χ1) is 7.33. The van der Waals surface area contributed by atoms with Gasteiger partial charge >= 0.3 is 0 Å². The van der Waals surface area contributed by atoms with Crippen molar-refractivity contribution in [1.29, 1.82) is 0 Å². The molecule has 2 fully saturated rings. The molecule has 5 heteroatoms. The number of fused-ring (bicyclic) bond motifs is 2. The molecule has 3 atom stereocenters. The van der Waals surface area contributed by atoms with Gasteiger partial charge in [0, 0.05) is 5.38 Å². The van der Waals surface area contributed by atoms with Crippen molar-refractivity contribution in [2.24, 2.45) is 0 Å². The van der Waals surface area contributed by atoms with Crippen LogP contribution in [-0.2, 0) is 4.74 Å². The van der Waals surface area contributed by atoms with Gasteiger partial charge in [0.25, 0.3) is 5.91 Å². The lowest BCUT2D eigenvalue weighted by atomic mass is 9.95. The van der Waals surface area contributed by atoms with E-state index >= 15 is 0 Å². The van der Waals surface area contributed by atoms with Gasteiger partial charge in [-0.25, -0.2) is 4.98 Å². The summed E-state index contributed by atoms with van der Waals surface area (Å²) in [5.74, 6) is -0.0719. The highest BCUT2D eigenvalue weighted by atomic mass is 32.1. The Bertz CT molecular complexity index is 366. The molecular formula is C10H12N2O2S. The molecule has 3 unspecified atom stereocenters. The Labute approximate surface area is 91.7 Å². The Hall–Kier alpha value is -0.940. The van der Waals surface area contributed by atoms with Crippen LogP contribution >= 0.6 is 11.3 Å². The van der Waals surface area contributed by atoms with E-state index < -0.39 is 0 Å². The minimum atomic E-state index is -0.0719. The number of thiazole rings is 1. The molecule has 3 rings (SSSR count). The Kier molecular flexibility index (Phi) is 2.21. The maximum atomic E-state index is 11.7. The maximum Gasteiger partial charge on any atom is 0.271 e. The highest BCUT2D eigenvalue weighted by molar-refractivity contribution is 7.07. The molecule has 2 bridgehead atoms. The lowest BCUT2D eigenvalue weighted by Crippen LogP contribution is -2.41. The van der Waals surface area contributed by atoms with Crippen molar-refractivity contribution < 1.29 is 9.53 Å². The first kappa shape index (κ1) is 9.30. The van der Waals surface area contributed by atoms with Crippen molar-refractivity contribution in [1.82, 2.24) is 10.3 Å². The number of aromatic nitrogens is 1. The summed E-state index contributed by atoms with van der Waals surface area (Å²) in [6.45, 7) is 0. The van der Waals surface area contributed by atoms with Gasteiger partial charge in [-0.05, 0) is 19.3 Å². The summed E-state index contributed by atoms with van der Waals surface area (Å²) in [6.07, 6.45) is 3.79. The smallest absolute Gasteiger partial charge is 0.271 e. The minimum absolute atomic E-state index is 0.0719. The summed E-state index contributed by atoms with van der Waals surface area (Å²) in [5.41, 5.74) is 2.19. The number of hydrogen-bond donors (Lipinski definition) is 1. The molecule has 0 aromatic carbocycles. The fourth-order valence-corrected chi connectivity index (χ4v) is 2.89. The monoisotopic (exact) mass is 224 g/mol. The molecule has 1 aromatic rings. The summed E-state index contributed by atoms with van der Waals surface area (Å²) in [7, 11) is 0. The quantitative estimate of drug-likeness (QED) is 0.821. The zero-order valence-corrected chi connectivity index (χ0v) is 9.00. The van der Waals surface area contributed by atoms with Gasteiger partial charge in [0.05, 0.1) is 23.8 Å². The fraction of sp³-hybridized carbons (Fsp3) is 0.600. The topological polar surface area (TPSA) is 51.2 Å². The van der Waals surface area contributed by atoms with Crippen molar-refractivity contribution in [2.75, 3.05) is 0 Å². The lowest BCUT2D eigenvalue weighted by Gasteiger charge is -2.19. The predicted molar refractivity (Wildman–Crippen MR) is 55.9 cm³/mol. The molecule has 2 saturated heterocycles. The lowest BCUT2D eigenvalue weighted by molar-refractivity contribution is 0.0838. The first-order valence-electron chi connectivity index (χ1n) is 5.17. The summed E-state index contributed by atoms with van der Waals surface area (Å²) < 4.78 is 5.67. The Morgan fingerprint density at radius 3 is 3.13 bits per heavy atom. The molecule has 2 aliphatic heterocycles. The summed E-state index contributed by atoms with van der Waals surface area (Å²) in [5, 5.41) is 4.76. The molecule has 1 N–H and O–H groups in total. The van der Waals surface area contributed by atoms with Crippen LogP contribution in [0.5, 0.6) is 0 Å². The second-order valence-corrected chi connectivity index (χ2v) is 4.78. The molecule has 15 heavy (non-hydrogen) atoms. The number of carbonyl (C=O) groups is 1. The van der Waals surface area contributed by atoms with Crippen molar-refractivity contribution in [2.45, 2.75) is 37.5 Å². The first-order valence-corrected chi connectivity index (χ1v) is 6.12. The molecule has 80 valence electrons. The van der Waals surface area contributed by atoms with Crippen LogP contribution in [-0.4, -0.2) is 29.1 Å². The van der Waals surface area contributed by atoms with Crippen molar-refractivity contribution in [3.63, 3.8) is 0 Å². The van der Waals surface area contributed by atoms with Crippen LogP contribution in [0.1, 0.15) is 29.8 Å². The van der Waals surface area contributed by atoms with E-state index in [1.165, 1.54) is 11.3 Å². The number of ether oxygens (including phenoxy) is 1. The SMILES string of the molecule is O=C(NC1CC2CCC1O2)c1cscn1. The van der Waals surface area contributed by atoms with E-state index in [0.29, 0.717) is 11.8 Å². The van der Waals surface area contributed by atoms with Crippen LogP contribution < -0.4 is 5.32 Å². The number of hydrogen-bond acceptors (Lipinski definition) is 4. The van der Waals surface area contributed by atoms with Gasteiger partial charge in [0.1, 0.15) is 5.69 Å². The molecule has 0 saturated carbocycles. The van der Waals surface area contributed by atoms with E-state index in [4.69, 9.17) is 4.74 Å². The second-order valence-electron chi connectivity index (χ2n) is 4.06. The number of carbonyl (C=O) groups excluding carboxylic acids is 1. The standard InChI is InChI=1S/C10H12N2O2S/c13-10(8-4-15-5-11-8)12-7-3-6-1-2-9(7)14-6/h4-7,9H,1-3H2,(H,12,13). The highest BCUT2D eigenvalue weighted by Gasteiger charge is 2.41. The van der Waals surface area contributed by atoms with Crippen molar-refractivity contribution in [3.8, 4) is 0 Å². The van der Waals surface area contributed by atoms with Crippen LogP contribution in [0.2, 0.25) is 0 Å². The second kappa shape index (κ2) is 3.57. The molecule has 1 aromatic heterocycles. The Morgan fingerprint density at radius 1 is 1.60 bits per heavy atom. The van der Waals surface area contributed by atoms with Crippen molar-refractivity contribution >= 4 is 17.2 Å². The summed E-state index contributed by atoms with van der Waals surface area (Å²) >= 11 is 1.44. The molecular weight excluding hydrogens is 212 g/mol. The zero-order chi connectivity index (χ0) is 10.3. The third-order valence-electron chi connectivity index (χ3n) is 3.09. The number of rotatable bonds is 2. The minimum Gasteiger partial charge on any atom is -0.373 e. The zero-order valence-electron chi connectivity index (χ0n) is 8.18. The molecule has 0 spiro atoms. The third-order valence-corrected chi connectivity index (χ3v) is 3.67. The van der Waals surface area contributed by atoms with Crippen LogP contribution in [0, 0.1) is 0 Å². The molecule has 4 nitrogen and oxygen atoms in total. The number of amides is 1. The van der Waals surface area contributed by atoms with Crippen molar-refractivity contribution in [3.05, 3.63) is 16.6 Å². The van der Waals surface area contributed by atoms with Gasteiger partial charge in [0.15, 0.2) is 0 Å². The Morgan fingerprint density at radius 2 is 2.53 bits per heavy atom. The van der Waals surface area contributed by atoms with Gasteiger partial charge in [0.2, 0.25) is 0 Å². The van der Waals surface area contributed by atoms with Gasteiger partial charge in [-0.3, -0.25) is 4.79 Å². The number of nitrogens with zero attached hydrogens (tertiary/aromatic N) is 1. The third kappa shape index (κ3) is 1.66. The summed E-state index contributed by atoms with van der Waals surface area (Å²) in [6, 6.07) is 0.193. The van der Waals surface area contributed by atoms with Crippen LogP contribution in [0.3, 0.4) is 0 Å². The average molecular weight is 224 g/mol. The van der Waals surface area contributed by atoms with Crippen LogP contribution in [0.25, 0.3) is 0 Å². The average Bonchev–Trinajstić information content (AvgIpc) is 2.95. The van der Waals surface area contributed by atoms with Gasteiger partial charge in [-0.1, -0.05) is 0 Å². The molecule has 0 radical (unpaired) electrons. The maximum absolute atomic E-state index is 11.7. The van der Waals surface area contributed by atoms with E-state index in [9.17, 15) is 4.79 Å². The van der Waals surface area contributed by atoms with Crippen LogP contribution in [0.15, 0.2) is 10.9 Å². The highest BCUT2D eigenvalue weighted by Crippen LogP contribution is 2.34. The van der Waals surface area contributed by atoms with E-state index in [1.54, 1.807) is 10.9 Å². The summed E-state index contributed by atoms with van der Waals surface area (Å²) in [4.78, 5) is 15.7. The largest absolute Gasteiger partial charge is 0.373 e. The fourth-order valence-electron chi connectivity index (χ4n) is 2.36. The molecule has 2 aliphatic rings. The molecule has 0 aliphatic carbocycles. The Balaban J connectivity index is 1.64. The molecule has 1 amide bonds. The van der Waals surface area contributed by atoms with Gasteiger partial charge < -0.3 is 10.1 Å². The van der Waals surface area contributed by atoms with Crippen LogP contribution in [0.4, 0.5) is 0 Å². The van der Waals surface area contributed by atoms with Gasteiger partial charge in [-0.15, -0.1) is 11.3 Å². The van der Waals surface area contributed by atoms with E-state index in [-0.39, 0.29) is 18.1 Å². The molecule has 3 heterocycles. The van der Waals surface area contributed by atoms with E-state index in [1.807, 2.05) is 0 Å². The normalized spacial score (nSPS) is 33.2. The number of nitrogens with one attached hydrogen (secondary N) is 1. The van der Waals surface area contributed by atoms with E-state index in [2.05, 4.69) is 10.3 Å². The van der Waals surface area contributed by atoms with E-state index in [0.717, 1.165) is 19.3 Å². The van der Waals surface area contributed by atoms with Gasteiger partial charge in [-0.2, -0.15) is 0 Å². The predicted octanol–water partition coefficient (Wildman–Crippen LogP) is 1.19.